The lowest BCUT2D eigenvalue weighted by molar-refractivity contribution is 0.665. The highest BCUT2D eigenvalue weighted by Gasteiger charge is 2.23. The van der Waals surface area contributed by atoms with Crippen LogP contribution in [0, 0.1) is 0 Å². The summed E-state index contributed by atoms with van der Waals surface area (Å²) in [4.78, 5) is 0. The maximum Gasteiger partial charge on any atom is 0.147 e. The van der Waals surface area contributed by atoms with Crippen LogP contribution in [0.4, 0.5) is 0 Å². The van der Waals surface area contributed by atoms with Crippen molar-refractivity contribution in [1.82, 2.24) is 0 Å². The molecule has 0 spiro atoms. The molecule has 11 aromatic carbocycles. The average molecular weight is 737 g/mol. The predicted octanol–water partition coefficient (Wildman–Crippen LogP) is 16.3. The van der Waals surface area contributed by atoms with Gasteiger partial charge in [0, 0.05) is 21.5 Å². The highest BCUT2D eigenvalue weighted by atomic mass is 16.3. The van der Waals surface area contributed by atoms with Crippen LogP contribution in [0.5, 0.6) is 0 Å². The molecule has 2 heteroatoms. The summed E-state index contributed by atoms with van der Waals surface area (Å²) < 4.78 is 13.5. The molecule has 2 heterocycles. The highest BCUT2D eigenvalue weighted by Crippen LogP contribution is 2.49. The molecule has 58 heavy (non-hydrogen) atoms. The molecule has 0 radical (unpaired) electrons. The van der Waals surface area contributed by atoms with E-state index in [1.54, 1.807) is 0 Å². The Labute approximate surface area is 332 Å². The van der Waals surface area contributed by atoms with E-state index in [1.807, 2.05) is 6.07 Å². The summed E-state index contributed by atoms with van der Waals surface area (Å²) in [6.45, 7) is 0. The van der Waals surface area contributed by atoms with Gasteiger partial charge in [0.25, 0.3) is 0 Å². The van der Waals surface area contributed by atoms with Crippen molar-refractivity contribution in [2.24, 2.45) is 0 Å². The Balaban J connectivity index is 1.05. The molecule has 0 fully saturated rings. The molecule has 0 amide bonds. The fraction of sp³-hybridized carbons (Fsp3) is 0. The first-order chi connectivity index (χ1) is 28.8. The van der Waals surface area contributed by atoms with Crippen LogP contribution < -0.4 is 0 Å². The Hall–Kier alpha value is -7.68. The normalized spacial score (nSPS) is 12.1. The standard InChI is InChI=1S/C56H32O2/c1-2-16-35-33(14-1)15-13-26-39(35)51-40-19-5-7-21-42(40)52(43-22-8-6-20-41(43)51)45-31-30-36(37-17-3-4-18-38(37)45)34-28-29-48-50(32-34)58-55-46-24-10-9-23-44(46)53-47-25-11-12-27-49(47)57-56(53)54(48)55/h1-32H. The first kappa shape index (κ1) is 31.5. The number of hydrogen-bond acceptors (Lipinski definition) is 2. The first-order valence-corrected chi connectivity index (χ1v) is 19.9. The number of furan rings is 2. The minimum Gasteiger partial charge on any atom is -0.455 e. The molecule has 2 aromatic heterocycles. The van der Waals surface area contributed by atoms with Crippen LogP contribution in [-0.2, 0) is 0 Å². The summed E-state index contributed by atoms with van der Waals surface area (Å²) in [6.07, 6.45) is 0. The fourth-order valence-corrected chi connectivity index (χ4v) is 9.99. The maximum absolute atomic E-state index is 6.85. The number of hydrogen-bond donors (Lipinski definition) is 0. The van der Waals surface area contributed by atoms with Crippen LogP contribution in [0.25, 0.3) is 131 Å². The van der Waals surface area contributed by atoms with Crippen LogP contribution in [0.15, 0.2) is 203 Å². The summed E-state index contributed by atoms with van der Waals surface area (Å²) in [5.41, 5.74) is 10.8. The van der Waals surface area contributed by atoms with E-state index in [0.29, 0.717) is 0 Å². The van der Waals surface area contributed by atoms with Crippen LogP contribution >= 0.6 is 0 Å². The Morgan fingerprint density at radius 2 is 0.741 bits per heavy atom. The highest BCUT2D eigenvalue weighted by molar-refractivity contribution is 6.34. The van der Waals surface area contributed by atoms with E-state index >= 15 is 0 Å². The Morgan fingerprint density at radius 1 is 0.259 bits per heavy atom. The summed E-state index contributed by atoms with van der Waals surface area (Å²) >= 11 is 0. The van der Waals surface area contributed by atoms with Crippen molar-refractivity contribution in [1.29, 1.82) is 0 Å². The summed E-state index contributed by atoms with van der Waals surface area (Å²) in [7, 11) is 0. The number of benzene rings is 11. The zero-order chi connectivity index (χ0) is 37.9. The average Bonchev–Trinajstić information content (AvgIpc) is 3.87. The molecule has 0 N–H and O–H groups in total. The SMILES string of the molecule is c1ccc2c(-c3c4ccccc4c(-c4ccc(-c5ccc6c(c5)oc5c7ccccc7c7c8ccccc8oc7c65)c5ccccc45)c4ccccc34)cccc2c1. The minimum absolute atomic E-state index is 0.847. The summed E-state index contributed by atoms with van der Waals surface area (Å²) in [5.74, 6) is 0. The van der Waals surface area contributed by atoms with E-state index in [4.69, 9.17) is 8.83 Å². The third-order valence-corrected chi connectivity index (χ3v) is 12.4. The number of fused-ring (bicyclic) bond motifs is 14. The predicted molar refractivity (Wildman–Crippen MR) is 245 cm³/mol. The van der Waals surface area contributed by atoms with Gasteiger partial charge in [-0.3, -0.25) is 0 Å². The second kappa shape index (κ2) is 11.9. The van der Waals surface area contributed by atoms with Gasteiger partial charge in [0.2, 0.25) is 0 Å². The van der Waals surface area contributed by atoms with E-state index in [-0.39, 0.29) is 0 Å². The molecule has 0 atom stereocenters. The molecule has 0 bridgehead atoms. The molecule has 268 valence electrons. The van der Waals surface area contributed by atoms with Crippen molar-refractivity contribution < 1.29 is 8.83 Å². The van der Waals surface area contributed by atoms with E-state index in [0.717, 1.165) is 60.2 Å². The molecular formula is C56H32O2. The topological polar surface area (TPSA) is 26.3 Å². The van der Waals surface area contributed by atoms with E-state index in [1.165, 1.54) is 70.9 Å². The quantitative estimate of drug-likeness (QED) is 0.169. The zero-order valence-corrected chi connectivity index (χ0v) is 31.3. The van der Waals surface area contributed by atoms with Crippen LogP contribution in [0.3, 0.4) is 0 Å². The fourth-order valence-electron chi connectivity index (χ4n) is 9.99. The van der Waals surface area contributed by atoms with Crippen molar-refractivity contribution in [3.8, 4) is 33.4 Å². The van der Waals surface area contributed by atoms with Crippen molar-refractivity contribution in [2.45, 2.75) is 0 Å². The van der Waals surface area contributed by atoms with Crippen molar-refractivity contribution >= 4 is 97.7 Å². The van der Waals surface area contributed by atoms with Crippen LogP contribution in [-0.4, -0.2) is 0 Å². The van der Waals surface area contributed by atoms with Gasteiger partial charge >= 0.3 is 0 Å². The van der Waals surface area contributed by atoms with Gasteiger partial charge < -0.3 is 8.83 Å². The van der Waals surface area contributed by atoms with E-state index in [9.17, 15) is 0 Å². The first-order valence-electron chi connectivity index (χ1n) is 19.9. The van der Waals surface area contributed by atoms with E-state index < -0.39 is 0 Å². The third-order valence-electron chi connectivity index (χ3n) is 12.4. The molecule has 0 unspecified atom stereocenters. The summed E-state index contributed by atoms with van der Waals surface area (Å²) in [6, 6.07) is 70.3. The van der Waals surface area contributed by atoms with Gasteiger partial charge in [0.05, 0.1) is 5.39 Å². The molecule has 13 rings (SSSR count). The zero-order valence-electron chi connectivity index (χ0n) is 31.3. The second-order valence-corrected chi connectivity index (χ2v) is 15.4. The van der Waals surface area contributed by atoms with Gasteiger partial charge in [0.1, 0.15) is 22.3 Å². The van der Waals surface area contributed by atoms with E-state index in [2.05, 4.69) is 188 Å². The molecular weight excluding hydrogens is 705 g/mol. The Morgan fingerprint density at radius 3 is 1.45 bits per heavy atom. The molecule has 0 aliphatic heterocycles. The van der Waals surface area contributed by atoms with Gasteiger partial charge in [-0.1, -0.05) is 176 Å². The molecule has 0 aliphatic carbocycles. The summed E-state index contributed by atoms with van der Waals surface area (Å²) in [5, 5.41) is 16.5. The van der Waals surface area contributed by atoms with Crippen molar-refractivity contribution in [3.63, 3.8) is 0 Å². The lowest BCUT2D eigenvalue weighted by atomic mass is 9.83. The lowest BCUT2D eigenvalue weighted by Gasteiger charge is -2.20. The molecule has 13 aromatic rings. The van der Waals surface area contributed by atoms with Gasteiger partial charge in [-0.05, 0) is 100 Å². The third kappa shape index (κ3) is 4.32. The van der Waals surface area contributed by atoms with Crippen LogP contribution in [0.2, 0.25) is 0 Å². The maximum atomic E-state index is 6.85. The Kier molecular flexibility index (Phi) is 6.47. The smallest absolute Gasteiger partial charge is 0.147 e. The number of rotatable bonds is 3. The van der Waals surface area contributed by atoms with Crippen molar-refractivity contribution in [3.05, 3.63) is 194 Å². The van der Waals surface area contributed by atoms with Gasteiger partial charge in [-0.2, -0.15) is 0 Å². The minimum atomic E-state index is 0.847. The van der Waals surface area contributed by atoms with Crippen LogP contribution in [0.1, 0.15) is 0 Å². The molecule has 0 saturated carbocycles. The monoisotopic (exact) mass is 736 g/mol. The molecule has 2 nitrogen and oxygen atoms in total. The van der Waals surface area contributed by atoms with Gasteiger partial charge in [-0.15, -0.1) is 0 Å². The van der Waals surface area contributed by atoms with Gasteiger partial charge in [0.15, 0.2) is 0 Å². The number of para-hydroxylation sites is 1. The Bertz CT molecular complexity index is 3800. The largest absolute Gasteiger partial charge is 0.455 e. The van der Waals surface area contributed by atoms with Gasteiger partial charge in [-0.25, -0.2) is 0 Å². The second-order valence-electron chi connectivity index (χ2n) is 15.4. The van der Waals surface area contributed by atoms with Crippen molar-refractivity contribution in [2.75, 3.05) is 0 Å². The molecule has 0 aliphatic rings. The molecule has 0 saturated heterocycles. The lowest BCUT2D eigenvalue weighted by Crippen LogP contribution is -1.93.